The lowest BCUT2D eigenvalue weighted by Gasteiger charge is -2.33. The first-order valence-electron chi connectivity index (χ1n) is 9.06. The van der Waals surface area contributed by atoms with Crippen LogP contribution in [0.3, 0.4) is 0 Å². The van der Waals surface area contributed by atoms with Crippen molar-refractivity contribution in [2.24, 2.45) is 0 Å². The summed E-state index contributed by atoms with van der Waals surface area (Å²) in [6, 6.07) is 12.0. The van der Waals surface area contributed by atoms with E-state index >= 15 is 0 Å². The Hall–Kier alpha value is -2.86. The number of hydrogen-bond acceptors (Lipinski definition) is 5. The quantitative estimate of drug-likeness (QED) is 0.716. The number of rotatable bonds is 4. The van der Waals surface area contributed by atoms with Gasteiger partial charge in [0, 0.05) is 32.7 Å². The van der Waals surface area contributed by atoms with E-state index in [0.29, 0.717) is 24.7 Å². The molecule has 0 bridgehead atoms. The lowest BCUT2D eigenvalue weighted by Crippen LogP contribution is -2.30. The molecular weight excluding hydrogens is 376 g/mol. The van der Waals surface area contributed by atoms with Crippen LogP contribution in [-0.4, -0.2) is 35.9 Å². The number of fused-ring (bicyclic) bond motifs is 3. The Labute approximate surface area is 169 Å². The first kappa shape index (κ1) is 18.5. The highest BCUT2D eigenvalue weighted by Gasteiger charge is 2.29. The van der Waals surface area contributed by atoms with Crippen LogP contribution in [0.1, 0.15) is 16.8 Å². The molecule has 0 aliphatic carbocycles. The minimum Gasteiger partial charge on any atom is -0.497 e. The van der Waals surface area contributed by atoms with Gasteiger partial charge in [0.05, 0.1) is 29.2 Å². The van der Waals surface area contributed by atoms with Crippen molar-refractivity contribution in [1.82, 2.24) is 9.55 Å². The number of nitrogens with zero attached hydrogens (tertiary/aromatic N) is 4. The number of methoxy groups -OCH3 is 1. The van der Waals surface area contributed by atoms with Crippen LogP contribution in [0.2, 0.25) is 5.02 Å². The summed E-state index contributed by atoms with van der Waals surface area (Å²) in [4.78, 5) is 8.55. The van der Waals surface area contributed by atoms with Crippen molar-refractivity contribution in [2.45, 2.75) is 20.0 Å². The van der Waals surface area contributed by atoms with Crippen LogP contribution in [0.15, 0.2) is 36.4 Å². The van der Waals surface area contributed by atoms with E-state index in [0.717, 1.165) is 33.3 Å². The monoisotopic (exact) mass is 398 g/mol. The largest absolute Gasteiger partial charge is 0.497 e. The Kier molecular flexibility index (Phi) is 4.59. The SMILES string of the molecule is COc1ccc(CN2Cc3c(ccc(N(C)C)c3Cl)-n3c2nc(O)c3C)cc1. The molecule has 0 fully saturated rings. The molecule has 1 aliphatic rings. The predicted molar refractivity (Wildman–Crippen MR) is 112 cm³/mol. The minimum atomic E-state index is 0.0374. The second-order valence-electron chi connectivity index (χ2n) is 7.15. The molecule has 28 heavy (non-hydrogen) atoms. The summed E-state index contributed by atoms with van der Waals surface area (Å²) in [7, 11) is 5.61. The molecule has 0 unspecified atom stereocenters. The summed E-state index contributed by atoms with van der Waals surface area (Å²) >= 11 is 6.77. The van der Waals surface area contributed by atoms with Gasteiger partial charge < -0.3 is 19.6 Å². The van der Waals surface area contributed by atoms with Crippen LogP contribution in [0.25, 0.3) is 5.69 Å². The van der Waals surface area contributed by atoms with E-state index in [2.05, 4.69) is 9.88 Å². The van der Waals surface area contributed by atoms with Crippen LogP contribution < -0.4 is 14.5 Å². The highest BCUT2D eigenvalue weighted by molar-refractivity contribution is 6.34. The molecular formula is C21H23ClN4O2. The van der Waals surface area contributed by atoms with Crippen LogP contribution in [0, 0.1) is 6.92 Å². The molecule has 6 nitrogen and oxygen atoms in total. The molecule has 4 rings (SSSR count). The lowest BCUT2D eigenvalue weighted by molar-refractivity contribution is 0.414. The fraction of sp³-hybridized carbons (Fsp3) is 0.286. The Bertz CT molecular complexity index is 1030. The molecule has 3 aromatic rings. The second-order valence-corrected chi connectivity index (χ2v) is 7.53. The van der Waals surface area contributed by atoms with Crippen molar-refractivity contribution < 1.29 is 9.84 Å². The third kappa shape index (κ3) is 2.94. The summed E-state index contributed by atoms with van der Waals surface area (Å²) in [6.07, 6.45) is 0. The third-order valence-electron chi connectivity index (χ3n) is 5.15. The molecule has 0 saturated carbocycles. The van der Waals surface area contributed by atoms with Crippen LogP contribution >= 0.6 is 11.6 Å². The summed E-state index contributed by atoms with van der Waals surface area (Å²) in [6.45, 7) is 3.11. The number of hydrogen-bond donors (Lipinski definition) is 1. The first-order chi connectivity index (χ1) is 13.4. The van der Waals surface area contributed by atoms with Crippen molar-refractivity contribution in [3.63, 3.8) is 0 Å². The molecule has 0 spiro atoms. The summed E-state index contributed by atoms with van der Waals surface area (Å²) in [5.74, 6) is 1.57. The average Bonchev–Trinajstić information content (AvgIpc) is 2.98. The van der Waals surface area contributed by atoms with Gasteiger partial charge in [-0.3, -0.25) is 4.57 Å². The molecule has 1 N–H and O–H groups in total. The fourth-order valence-electron chi connectivity index (χ4n) is 3.62. The van der Waals surface area contributed by atoms with E-state index in [1.165, 1.54) is 0 Å². The number of imidazole rings is 1. The zero-order chi connectivity index (χ0) is 20.0. The Morgan fingerprint density at radius 2 is 1.89 bits per heavy atom. The summed E-state index contributed by atoms with van der Waals surface area (Å²) < 4.78 is 7.22. The number of ether oxygens (including phenoxy) is 1. The standard InChI is InChI=1S/C21H23ClN4O2/c1-13-20(27)23-21-25(11-14-5-7-15(28-4)8-6-14)12-16-17(26(13)21)9-10-18(19(16)22)24(2)3/h5-10,27H,11-12H2,1-4H3. The maximum atomic E-state index is 10.3. The molecule has 0 saturated heterocycles. The summed E-state index contributed by atoms with van der Waals surface area (Å²) in [5.41, 5.74) is 4.77. The van der Waals surface area contributed by atoms with Gasteiger partial charge in [-0.15, -0.1) is 0 Å². The third-order valence-corrected chi connectivity index (χ3v) is 5.57. The van der Waals surface area contributed by atoms with Gasteiger partial charge in [0.2, 0.25) is 11.8 Å². The van der Waals surface area contributed by atoms with Crippen LogP contribution in [0.5, 0.6) is 11.6 Å². The van der Waals surface area contributed by atoms with Gasteiger partial charge >= 0.3 is 0 Å². The van der Waals surface area contributed by atoms with Gasteiger partial charge in [0.15, 0.2) is 0 Å². The van der Waals surface area contributed by atoms with Gasteiger partial charge in [-0.1, -0.05) is 23.7 Å². The number of anilines is 2. The molecule has 146 valence electrons. The maximum Gasteiger partial charge on any atom is 0.234 e. The van der Waals surface area contributed by atoms with Crippen molar-refractivity contribution in [3.05, 3.63) is 58.2 Å². The molecule has 1 aromatic heterocycles. The van der Waals surface area contributed by atoms with Gasteiger partial charge in [-0.2, -0.15) is 4.98 Å². The van der Waals surface area contributed by atoms with Gasteiger partial charge in [0.1, 0.15) is 5.75 Å². The van der Waals surface area contributed by atoms with E-state index in [1.54, 1.807) is 7.11 Å². The lowest BCUT2D eigenvalue weighted by atomic mass is 10.1. The zero-order valence-corrected chi connectivity index (χ0v) is 17.2. The van der Waals surface area contributed by atoms with Crippen molar-refractivity contribution >= 4 is 23.2 Å². The molecule has 0 amide bonds. The van der Waals surface area contributed by atoms with Gasteiger partial charge in [0.25, 0.3) is 0 Å². The highest BCUT2D eigenvalue weighted by Crippen LogP contribution is 2.41. The Balaban J connectivity index is 1.80. The normalized spacial score (nSPS) is 12.5. The van der Waals surface area contributed by atoms with E-state index in [1.807, 2.05) is 66.9 Å². The fourth-order valence-corrected chi connectivity index (χ4v) is 4.01. The topological polar surface area (TPSA) is 53.8 Å². The van der Waals surface area contributed by atoms with E-state index in [4.69, 9.17) is 16.3 Å². The molecule has 7 heteroatoms. The van der Waals surface area contributed by atoms with Crippen molar-refractivity contribution in [3.8, 4) is 17.3 Å². The number of benzene rings is 2. The van der Waals surface area contributed by atoms with E-state index < -0.39 is 0 Å². The Morgan fingerprint density at radius 3 is 2.54 bits per heavy atom. The average molecular weight is 399 g/mol. The van der Waals surface area contributed by atoms with Crippen LogP contribution in [0.4, 0.5) is 11.6 Å². The number of aromatic nitrogens is 2. The van der Waals surface area contributed by atoms with Crippen molar-refractivity contribution in [1.29, 1.82) is 0 Å². The minimum absolute atomic E-state index is 0.0374. The van der Waals surface area contributed by atoms with Crippen LogP contribution in [-0.2, 0) is 13.1 Å². The molecule has 0 atom stereocenters. The molecule has 2 heterocycles. The maximum absolute atomic E-state index is 10.3. The summed E-state index contributed by atoms with van der Waals surface area (Å²) in [5, 5.41) is 11.0. The van der Waals surface area contributed by atoms with E-state index in [9.17, 15) is 5.11 Å². The predicted octanol–water partition coefficient (Wildman–Crippen LogP) is 4.13. The van der Waals surface area contributed by atoms with Gasteiger partial charge in [-0.25, -0.2) is 0 Å². The number of halogens is 1. The smallest absolute Gasteiger partial charge is 0.234 e. The molecule has 1 aliphatic heterocycles. The molecule has 0 radical (unpaired) electrons. The van der Waals surface area contributed by atoms with Crippen molar-refractivity contribution in [2.75, 3.05) is 31.0 Å². The van der Waals surface area contributed by atoms with E-state index in [-0.39, 0.29) is 5.88 Å². The zero-order valence-electron chi connectivity index (χ0n) is 16.4. The molecule has 2 aromatic carbocycles. The van der Waals surface area contributed by atoms with Gasteiger partial charge in [-0.05, 0) is 36.8 Å². The number of aromatic hydroxyl groups is 1. The first-order valence-corrected chi connectivity index (χ1v) is 9.43. The Morgan fingerprint density at radius 1 is 1.18 bits per heavy atom. The highest BCUT2D eigenvalue weighted by atomic mass is 35.5. The second kappa shape index (κ2) is 6.95.